The first kappa shape index (κ1) is 10.7. The number of para-hydroxylation sites is 1. The maximum atomic E-state index is 5.91. The van der Waals surface area contributed by atoms with Crippen molar-refractivity contribution in [1.82, 2.24) is 0 Å². The predicted molar refractivity (Wildman–Crippen MR) is 72.6 cm³/mol. The Morgan fingerprint density at radius 3 is 2.59 bits per heavy atom. The van der Waals surface area contributed by atoms with E-state index in [0.717, 1.165) is 17.9 Å². The van der Waals surface area contributed by atoms with E-state index in [-0.39, 0.29) is 0 Å². The SMILES string of the molecule is Clc1ccc([C@@H]2CCc3ccccc3N2)cc1. The first-order valence-electron chi connectivity index (χ1n) is 5.93. The number of rotatable bonds is 1. The van der Waals surface area contributed by atoms with Crippen molar-refractivity contribution in [2.24, 2.45) is 0 Å². The third-order valence-corrected chi connectivity index (χ3v) is 3.57. The molecule has 1 heterocycles. The van der Waals surface area contributed by atoms with E-state index in [4.69, 9.17) is 11.6 Å². The molecule has 0 bridgehead atoms. The van der Waals surface area contributed by atoms with E-state index in [1.165, 1.54) is 16.8 Å². The first-order valence-corrected chi connectivity index (χ1v) is 6.30. The van der Waals surface area contributed by atoms with Crippen molar-refractivity contribution >= 4 is 17.3 Å². The van der Waals surface area contributed by atoms with Crippen LogP contribution in [0.15, 0.2) is 48.5 Å². The van der Waals surface area contributed by atoms with E-state index >= 15 is 0 Å². The number of hydrogen-bond donors (Lipinski definition) is 1. The van der Waals surface area contributed by atoms with E-state index < -0.39 is 0 Å². The van der Waals surface area contributed by atoms with Gasteiger partial charge in [-0.3, -0.25) is 0 Å². The molecule has 0 radical (unpaired) electrons. The number of nitrogens with one attached hydrogen (secondary N) is 1. The van der Waals surface area contributed by atoms with Gasteiger partial charge in [0.05, 0.1) is 6.04 Å². The van der Waals surface area contributed by atoms with Crippen molar-refractivity contribution < 1.29 is 0 Å². The van der Waals surface area contributed by atoms with Crippen LogP contribution in [0.2, 0.25) is 5.02 Å². The van der Waals surface area contributed by atoms with Crippen molar-refractivity contribution in [3.63, 3.8) is 0 Å². The number of aryl methyl sites for hydroxylation is 1. The first-order chi connectivity index (χ1) is 8.33. The van der Waals surface area contributed by atoms with E-state index in [1.807, 2.05) is 12.1 Å². The number of benzene rings is 2. The van der Waals surface area contributed by atoms with E-state index in [9.17, 15) is 0 Å². The average molecular weight is 244 g/mol. The van der Waals surface area contributed by atoms with Gasteiger partial charge in [-0.15, -0.1) is 0 Å². The summed E-state index contributed by atoms with van der Waals surface area (Å²) in [4.78, 5) is 0. The van der Waals surface area contributed by atoms with Gasteiger partial charge in [0.2, 0.25) is 0 Å². The number of anilines is 1. The van der Waals surface area contributed by atoms with Gasteiger partial charge in [-0.05, 0) is 42.2 Å². The topological polar surface area (TPSA) is 12.0 Å². The molecule has 0 saturated carbocycles. The molecule has 86 valence electrons. The Kier molecular flexibility index (Phi) is 2.77. The molecule has 0 saturated heterocycles. The third kappa shape index (κ3) is 2.16. The molecule has 2 aromatic rings. The summed E-state index contributed by atoms with van der Waals surface area (Å²) >= 11 is 5.91. The molecule has 0 aliphatic carbocycles. The van der Waals surface area contributed by atoms with Gasteiger partial charge in [0, 0.05) is 10.7 Å². The van der Waals surface area contributed by atoms with Crippen LogP contribution < -0.4 is 5.32 Å². The molecule has 1 aliphatic heterocycles. The smallest absolute Gasteiger partial charge is 0.0517 e. The summed E-state index contributed by atoms with van der Waals surface area (Å²) in [6, 6.07) is 17.1. The van der Waals surface area contributed by atoms with Gasteiger partial charge in [0.25, 0.3) is 0 Å². The molecule has 1 atom stereocenters. The van der Waals surface area contributed by atoms with Crippen LogP contribution in [0.1, 0.15) is 23.6 Å². The predicted octanol–water partition coefficient (Wildman–Crippen LogP) is 4.44. The molecule has 0 aromatic heterocycles. The standard InChI is InChI=1S/C15H14ClN/c16-13-8-5-12(6-9-13)15-10-7-11-3-1-2-4-14(11)17-15/h1-6,8-9,15,17H,7,10H2/t15-/m0/s1. The summed E-state index contributed by atoms with van der Waals surface area (Å²) in [5, 5.41) is 4.39. The maximum Gasteiger partial charge on any atom is 0.0517 e. The van der Waals surface area contributed by atoms with Crippen molar-refractivity contribution in [3.05, 3.63) is 64.7 Å². The third-order valence-electron chi connectivity index (χ3n) is 3.32. The van der Waals surface area contributed by atoms with Crippen molar-refractivity contribution in [3.8, 4) is 0 Å². The lowest BCUT2D eigenvalue weighted by Gasteiger charge is -2.27. The molecule has 17 heavy (non-hydrogen) atoms. The highest BCUT2D eigenvalue weighted by atomic mass is 35.5. The molecule has 3 rings (SSSR count). The van der Waals surface area contributed by atoms with Crippen LogP contribution in [0.25, 0.3) is 0 Å². The van der Waals surface area contributed by atoms with Crippen LogP contribution in [-0.4, -0.2) is 0 Å². The normalized spacial score (nSPS) is 18.3. The van der Waals surface area contributed by atoms with Crippen LogP contribution >= 0.6 is 11.6 Å². The van der Waals surface area contributed by atoms with E-state index in [2.05, 4.69) is 41.7 Å². The molecule has 0 fully saturated rings. The molecule has 0 unspecified atom stereocenters. The highest BCUT2D eigenvalue weighted by molar-refractivity contribution is 6.30. The number of hydrogen-bond acceptors (Lipinski definition) is 1. The fourth-order valence-corrected chi connectivity index (χ4v) is 2.51. The fourth-order valence-electron chi connectivity index (χ4n) is 2.38. The van der Waals surface area contributed by atoms with Crippen molar-refractivity contribution in [2.45, 2.75) is 18.9 Å². The second kappa shape index (κ2) is 4.42. The van der Waals surface area contributed by atoms with Crippen LogP contribution in [-0.2, 0) is 6.42 Å². The van der Waals surface area contributed by atoms with Gasteiger partial charge in [-0.1, -0.05) is 41.9 Å². The number of fused-ring (bicyclic) bond motifs is 1. The lowest BCUT2D eigenvalue weighted by Crippen LogP contribution is -2.17. The van der Waals surface area contributed by atoms with Crippen LogP contribution in [0.4, 0.5) is 5.69 Å². The average Bonchev–Trinajstić information content (AvgIpc) is 2.39. The summed E-state index contributed by atoms with van der Waals surface area (Å²) in [5.74, 6) is 0. The van der Waals surface area contributed by atoms with E-state index in [0.29, 0.717) is 6.04 Å². The Hall–Kier alpha value is -1.47. The molecule has 1 aliphatic rings. The summed E-state index contributed by atoms with van der Waals surface area (Å²) in [6.45, 7) is 0. The van der Waals surface area contributed by atoms with Crippen LogP contribution in [0.3, 0.4) is 0 Å². The Balaban J connectivity index is 1.86. The minimum absolute atomic E-state index is 0.405. The van der Waals surface area contributed by atoms with Gasteiger partial charge < -0.3 is 5.32 Å². The zero-order valence-corrected chi connectivity index (χ0v) is 10.2. The summed E-state index contributed by atoms with van der Waals surface area (Å²) in [6.07, 6.45) is 2.27. The monoisotopic (exact) mass is 243 g/mol. The molecule has 1 nitrogen and oxygen atoms in total. The molecule has 0 spiro atoms. The molecule has 2 aromatic carbocycles. The van der Waals surface area contributed by atoms with Gasteiger partial charge >= 0.3 is 0 Å². The van der Waals surface area contributed by atoms with Crippen molar-refractivity contribution in [2.75, 3.05) is 5.32 Å². The Labute approximate surface area is 106 Å². The van der Waals surface area contributed by atoms with Gasteiger partial charge in [-0.2, -0.15) is 0 Å². The summed E-state index contributed by atoms with van der Waals surface area (Å²) < 4.78 is 0. The number of halogens is 1. The fraction of sp³-hybridized carbons (Fsp3) is 0.200. The maximum absolute atomic E-state index is 5.91. The molecular formula is C15H14ClN. The van der Waals surface area contributed by atoms with Gasteiger partial charge in [-0.25, -0.2) is 0 Å². The van der Waals surface area contributed by atoms with Crippen LogP contribution in [0, 0.1) is 0 Å². The molecule has 0 amide bonds. The molecular weight excluding hydrogens is 230 g/mol. The van der Waals surface area contributed by atoms with Gasteiger partial charge in [0.15, 0.2) is 0 Å². The Morgan fingerprint density at radius 1 is 1.00 bits per heavy atom. The molecule has 2 heteroatoms. The van der Waals surface area contributed by atoms with E-state index in [1.54, 1.807) is 0 Å². The lowest BCUT2D eigenvalue weighted by atomic mass is 9.93. The Morgan fingerprint density at radius 2 is 1.76 bits per heavy atom. The second-order valence-electron chi connectivity index (χ2n) is 4.44. The summed E-state index contributed by atoms with van der Waals surface area (Å²) in [7, 11) is 0. The minimum Gasteiger partial charge on any atom is -0.378 e. The molecule has 1 N–H and O–H groups in total. The zero-order valence-electron chi connectivity index (χ0n) is 9.49. The van der Waals surface area contributed by atoms with Crippen molar-refractivity contribution in [1.29, 1.82) is 0 Å². The Bertz CT molecular complexity index is 519. The lowest BCUT2D eigenvalue weighted by molar-refractivity contribution is 0.668. The minimum atomic E-state index is 0.405. The summed E-state index contributed by atoms with van der Waals surface area (Å²) in [5.41, 5.74) is 3.99. The van der Waals surface area contributed by atoms with Gasteiger partial charge in [0.1, 0.15) is 0 Å². The quantitative estimate of drug-likeness (QED) is 0.781. The van der Waals surface area contributed by atoms with Crippen LogP contribution in [0.5, 0.6) is 0 Å². The highest BCUT2D eigenvalue weighted by Gasteiger charge is 2.18. The highest BCUT2D eigenvalue weighted by Crippen LogP contribution is 2.32. The zero-order chi connectivity index (χ0) is 11.7. The largest absolute Gasteiger partial charge is 0.378 e. The second-order valence-corrected chi connectivity index (χ2v) is 4.88.